The average molecular weight is 466 g/mol. The third kappa shape index (κ3) is 5.68. The molecule has 1 fully saturated rings. The summed E-state index contributed by atoms with van der Waals surface area (Å²) >= 11 is 1.47. The Bertz CT molecular complexity index is 1100. The SMILES string of the molecule is Cc1nnc(-c2cnc3cnc(NC(=O)N4CCC(NCCC(F)(F)F)CC4)cc3c2)s1. The molecule has 4 rings (SSSR count). The van der Waals surface area contributed by atoms with Gasteiger partial charge in [0.25, 0.3) is 0 Å². The van der Waals surface area contributed by atoms with Crippen molar-refractivity contribution in [2.75, 3.05) is 25.0 Å². The Morgan fingerprint density at radius 1 is 1.19 bits per heavy atom. The van der Waals surface area contributed by atoms with Crippen molar-refractivity contribution < 1.29 is 18.0 Å². The number of halogens is 3. The zero-order chi connectivity index (χ0) is 22.7. The lowest BCUT2D eigenvalue weighted by molar-refractivity contribution is -0.133. The van der Waals surface area contributed by atoms with Gasteiger partial charge in [-0.2, -0.15) is 13.2 Å². The van der Waals surface area contributed by atoms with Crippen LogP contribution in [0.2, 0.25) is 0 Å². The lowest BCUT2D eigenvalue weighted by atomic mass is 10.1. The first-order chi connectivity index (χ1) is 15.3. The van der Waals surface area contributed by atoms with Gasteiger partial charge in [-0.3, -0.25) is 10.3 Å². The highest BCUT2D eigenvalue weighted by Gasteiger charge is 2.28. The number of aromatic nitrogens is 4. The van der Waals surface area contributed by atoms with Crippen molar-refractivity contribution in [2.24, 2.45) is 0 Å². The quantitative estimate of drug-likeness (QED) is 0.592. The highest BCUT2D eigenvalue weighted by Crippen LogP contribution is 2.26. The van der Waals surface area contributed by atoms with Crippen molar-refractivity contribution in [3.63, 3.8) is 0 Å². The fourth-order valence-electron chi connectivity index (χ4n) is 3.52. The van der Waals surface area contributed by atoms with Gasteiger partial charge >= 0.3 is 12.2 Å². The fraction of sp³-hybridized carbons (Fsp3) is 0.450. The predicted molar refractivity (Wildman–Crippen MR) is 115 cm³/mol. The van der Waals surface area contributed by atoms with Crippen molar-refractivity contribution in [1.29, 1.82) is 0 Å². The highest BCUT2D eigenvalue weighted by molar-refractivity contribution is 7.14. The zero-order valence-electron chi connectivity index (χ0n) is 17.3. The maximum Gasteiger partial charge on any atom is 0.390 e. The number of alkyl halides is 3. The number of carbonyl (C=O) groups excluding carboxylic acids is 1. The first-order valence-corrected chi connectivity index (χ1v) is 11.0. The van der Waals surface area contributed by atoms with Gasteiger partial charge < -0.3 is 10.2 Å². The fourth-order valence-corrected chi connectivity index (χ4v) is 4.20. The van der Waals surface area contributed by atoms with Crippen LogP contribution in [0.5, 0.6) is 0 Å². The Labute approximate surface area is 186 Å². The second-order valence-electron chi connectivity index (χ2n) is 7.62. The molecule has 3 aromatic heterocycles. The van der Waals surface area contributed by atoms with E-state index in [-0.39, 0.29) is 18.6 Å². The number of nitrogens with zero attached hydrogens (tertiary/aromatic N) is 5. The van der Waals surface area contributed by atoms with Crippen molar-refractivity contribution in [3.05, 3.63) is 29.5 Å². The number of pyridine rings is 2. The summed E-state index contributed by atoms with van der Waals surface area (Å²) in [5.74, 6) is 0.403. The van der Waals surface area contributed by atoms with Crippen LogP contribution in [0.3, 0.4) is 0 Å². The van der Waals surface area contributed by atoms with Gasteiger partial charge in [0, 0.05) is 42.8 Å². The van der Waals surface area contributed by atoms with Gasteiger partial charge in [-0.1, -0.05) is 11.3 Å². The van der Waals surface area contributed by atoms with Crippen molar-refractivity contribution in [3.8, 4) is 10.6 Å². The minimum Gasteiger partial charge on any atom is -0.324 e. The molecule has 0 saturated carbocycles. The topological polar surface area (TPSA) is 95.9 Å². The summed E-state index contributed by atoms with van der Waals surface area (Å²) in [6, 6.07) is 3.38. The molecule has 32 heavy (non-hydrogen) atoms. The van der Waals surface area contributed by atoms with Gasteiger partial charge in [0.05, 0.1) is 18.1 Å². The van der Waals surface area contributed by atoms with Crippen LogP contribution in [0, 0.1) is 6.92 Å². The molecule has 3 aromatic rings. The monoisotopic (exact) mass is 465 g/mol. The third-order valence-corrected chi connectivity index (χ3v) is 6.09. The number of fused-ring (bicyclic) bond motifs is 1. The van der Waals surface area contributed by atoms with Crippen LogP contribution in [0.4, 0.5) is 23.8 Å². The molecule has 2 N–H and O–H groups in total. The van der Waals surface area contributed by atoms with Crippen molar-refractivity contribution >= 4 is 34.1 Å². The van der Waals surface area contributed by atoms with E-state index in [0.29, 0.717) is 37.3 Å². The summed E-state index contributed by atoms with van der Waals surface area (Å²) in [6.07, 6.45) is -0.495. The number of hydrogen-bond acceptors (Lipinski definition) is 7. The van der Waals surface area contributed by atoms with Crippen LogP contribution >= 0.6 is 11.3 Å². The number of amides is 2. The summed E-state index contributed by atoms with van der Waals surface area (Å²) in [6.45, 7) is 2.71. The average Bonchev–Trinajstić information content (AvgIpc) is 3.19. The number of aryl methyl sites for hydroxylation is 1. The molecule has 170 valence electrons. The summed E-state index contributed by atoms with van der Waals surface area (Å²) < 4.78 is 36.8. The van der Waals surface area contributed by atoms with E-state index in [1.165, 1.54) is 11.3 Å². The first kappa shape index (κ1) is 22.3. The summed E-state index contributed by atoms with van der Waals surface area (Å²) in [4.78, 5) is 22.9. The summed E-state index contributed by atoms with van der Waals surface area (Å²) in [5.41, 5.74) is 1.53. The van der Waals surface area contributed by atoms with Crippen molar-refractivity contribution in [2.45, 2.75) is 38.4 Å². The summed E-state index contributed by atoms with van der Waals surface area (Å²) in [7, 11) is 0. The van der Waals surface area contributed by atoms with Crippen LogP contribution < -0.4 is 10.6 Å². The van der Waals surface area contributed by atoms with Gasteiger partial charge in [0.2, 0.25) is 0 Å². The van der Waals surface area contributed by atoms with Crippen LogP contribution in [0.15, 0.2) is 24.5 Å². The molecular weight excluding hydrogens is 443 g/mol. The van der Waals surface area contributed by atoms with E-state index in [0.717, 1.165) is 21.0 Å². The van der Waals surface area contributed by atoms with E-state index in [2.05, 4.69) is 30.8 Å². The molecule has 0 bridgehead atoms. The Morgan fingerprint density at radius 3 is 2.66 bits per heavy atom. The molecule has 12 heteroatoms. The standard InChI is InChI=1S/C20H22F3N7OS/c1-12-28-29-18(32-12)14-8-13-9-17(26-11-16(13)25-10-14)27-19(31)30-6-2-15(3-7-30)24-5-4-20(21,22)23/h8-11,15,24H,2-7H2,1H3,(H,26,27,31). The lowest BCUT2D eigenvalue weighted by Crippen LogP contribution is -2.46. The molecule has 1 saturated heterocycles. The molecule has 2 amide bonds. The number of piperidine rings is 1. The van der Waals surface area contributed by atoms with Crippen molar-refractivity contribution in [1.82, 2.24) is 30.4 Å². The molecule has 0 unspecified atom stereocenters. The summed E-state index contributed by atoms with van der Waals surface area (Å²) in [5, 5.41) is 16.3. The number of anilines is 1. The normalized spacial score (nSPS) is 15.3. The largest absolute Gasteiger partial charge is 0.390 e. The number of rotatable bonds is 5. The Balaban J connectivity index is 1.34. The number of urea groups is 1. The van der Waals surface area contributed by atoms with Crippen LogP contribution in [0.1, 0.15) is 24.3 Å². The minimum atomic E-state index is -4.16. The number of nitrogens with one attached hydrogen (secondary N) is 2. The third-order valence-electron chi connectivity index (χ3n) is 5.20. The minimum absolute atomic E-state index is 0.0197. The predicted octanol–water partition coefficient (Wildman–Crippen LogP) is 4.00. The lowest BCUT2D eigenvalue weighted by Gasteiger charge is -2.32. The maximum absolute atomic E-state index is 12.6. The van der Waals surface area contributed by atoms with Crippen LogP contribution in [-0.4, -0.2) is 62.9 Å². The molecule has 0 atom stereocenters. The Kier molecular flexibility index (Phi) is 6.51. The van der Waals surface area contributed by atoms with Crippen LogP contribution in [0.25, 0.3) is 21.5 Å². The van der Waals surface area contributed by atoms with Gasteiger partial charge in [-0.25, -0.2) is 9.78 Å². The van der Waals surface area contributed by atoms with E-state index in [4.69, 9.17) is 0 Å². The molecule has 0 radical (unpaired) electrons. The second kappa shape index (κ2) is 9.33. The molecule has 4 heterocycles. The smallest absolute Gasteiger partial charge is 0.324 e. The highest BCUT2D eigenvalue weighted by atomic mass is 32.1. The Morgan fingerprint density at radius 2 is 1.97 bits per heavy atom. The van der Waals surface area contributed by atoms with Gasteiger partial charge in [0.1, 0.15) is 15.8 Å². The van der Waals surface area contributed by atoms with E-state index in [9.17, 15) is 18.0 Å². The van der Waals surface area contributed by atoms with Gasteiger partial charge in [-0.05, 0) is 31.9 Å². The van der Waals surface area contributed by atoms with Gasteiger partial charge in [0.15, 0.2) is 0 Å². The number of hydrogen-bond donors (Lipinski definition) is 2. The molecule has 0 aliphatic carbocycles. The molecular formula is C20H22F3N7OS. The molecule has 1 aliphatic heterocycles. The molecule has 0 aromatic carbocycles. The molecule has 8 nitrogen and oxygen atoms in total. The van der Waals surface area contributed by atoms with Gasteiger partial charge in [-0.15, -0.1) is 10.2 Å². The molecule has 0 spiro atoms. The maximum atomic E-state index is 12.6. The first-order valence-electron chi connectivity index (χ1n) is 10.2. The number of carbonyl (C=O) groups is 1. The zero-order valence-corrected chi connectivity index (χ0v) is 18.1. The van der Waals surface area contributed by atoms with E-state index in [1.54, 1.807) is 23.4 Å². The van der Waals surface area contributed by atoms with E-state index in [1.807, 2.05) is 13.0 Å². The van der Waals surface area contributed by atoms with E-state index < -0.39 is 12.6 Å². The second-order valence-corrected chi connectivity index (χ2v) is 8.80. The number of likely N-dealkylation sites (tertiary alicyclic amines) is 1. The van der Waals surface area contributed by atoms with Crippen LogP contribution in [-0.2, 0) is 0 Å². The van der Waals surface area contributed by atoms with E-state index >= 15 is 0 Å². The Hall–Kier alpha value is -2.86. The molecule has 1 aliphatic rings.